The molecule has 2 aromatic carbocycles. The topological polar surface area (TPSA) is 20.2 Å². The second kappa shape index (κ2) is 5.70. The summed E-state index contributed by atoms with van der Waals surface area (Å²) < 4.78 is 0. The lowest BCUT2D eigenvalue weighted by molar-refractivity contribution is 0.454. The zero-order chi connectivity index (χ0) is 14.9. The van der Waals surface area contributed by atoms with Gasteiger partial charge in [-0.25, -0.2) is 0 Å². The maximum Gasteiger partial charge on any atom is 0.122 e. The average Bonchev–Trinajstić information content (AvgIpc) is 2.39. The van der Waals surface area contributed by atoms with Gasteiger partial charge in [-0.05, 0) is 53.1 Å². The fourth-order valence-corrected chi connectivity index (χ4v) is 2.47. The number of benzene rings is 2. The Kier molecular flexibility index (Phi) is 4.17. The average molecular weight is 268 g/mol. The van der Waals surface area contributed by atoms with Gasteiger partial charge in [-0.2, -0.15) is 0 Å². The molecule has 2 aromatic rings. The van der Waals surface area contributed by atoms with E-state index in [0.29, 0.717) is 17.6 Å². The number of rotatable bonds is 3. The van der Waals surface area contributed by atoms with Crippen LogP contribution in [0.2, 0.25) is 0 Å². The molecule has 1 nitrogen and oxygen atoms in total. The van der Waals surface area contributed by atoms with Gasteiger partial charge in [0, 0.05) is 0 Å². The van der Waals surface area contributed by atoms with Crippen molar-refractivity contribution in [2.45, 2.75) is 46.5 Å². The second-order valence-electron chi connectivity index (χ2n) is 6.18. The number of phenolic OH excluding ortho intramolecular Hbond substituents is 1. The molecule has 1 heteroatoms. The van der Waals surface area contributed by atoms with Crippen LogP contribution in [0.5, 0.6) is 5.75 Å². The standard InChI is InChI=1S/C19H24O/c1-12(2)17-10-16(11-18(13(3)4)19(17)20)15-8-6-14(5)7-9-15/h6-13,20H,1-5H3. The Hall–Kier alpha value is -1.76. The third-order valence-corrected chi connectivity index (χ3v) is 3.80. The highest BCUT2D eigenvalue weighted by molar-refractivity contribution is 5.68. The van der Waals surface area contributed by atoms with Gasteiger partial charge in [-0.3, -0.25) is 0 Å². The molecule has 0 aliphatic rings. The third kappa shape index (κ3) is 2.87. The van der Waals surface area contributed by atoms with Gasteiger partial charge in [0.05, 0.1) is 0 Å². The Morgan fingerprint density at radius 2 is 1.20 bits per heavy atom. The van der Waals surface area contributed by atoms with Crippen LogP contribution in [0.4, 0.5) is 0 Å². The second-order valence-corrected chi connectivity index (χ2v) is 6.18. The number of aromatic hydroxyl groups is 1. The Morgan fingerprint density at radius 3 is 1.60 bits per heavy atom. The molecule has 0 radical (unpaired) electrons. The van der Waals surface area contributed by atoms with E-state index >= 15 is 0 Å². The summed E-state index contributed by atoms with van der Waals surface area (Å²) in [4.78, 5) is 0. The van der Waals surface area contributed by atoms with E-state index in [-0.39, 0.29) is 0 Å². The number of aryl methyl sites for hydroxylation is 1. The molecule has 0 spiro atoms. The van der Waals surface area contributed by atoms with E-state index in [1.54, 1.807) is 0 Å². The monoisotopic (exact) mass is 268 g/mol. The van der Waals surface area contributed by atoms with Crippen LogP contribution in [0.3, 0.4) is 0 Å². The van der Waals surface area contributed by atoms with Crippen molar-refractivity contribution >= 4 is 0 Å². The van der Waals surface area contributed by atoms with Crippen molar-refractivity contribution in [2.24, 2.45) is 0 Å². The van der Waals surface area contributed by atoms with Crippen LogP contribution < -0.4 is 0 Å². The predicted octanol–water partition coefficient (Wildman–Crippen LogP) is 5.61. The molecule has 0 aliphatic heterocycles. The molecule has 2 rings (SSSR count). The van der Waals surface area contributed by atoms with Crippen molar-refractivity contribution in [3.8, 4) is 16.9 Å². The smallest absolute Gasteiger partial charge is 0.122 e. The van der Waals surface area contributed by atoms with Crippen molar-refractivity contribution in [2.75, 3.05) is 0 Å². The van der Waals surface area contributed by atoms with Crippen molar-refractivity contribution in [1.29, 1.82) is 0 Å². The maximum absolute atomic E-state index is 10.4. The van der Waals surface area contributed by atoms with Crippen LogP contribution in [-0.2, 0) is 0 Å². The van der Waals surface area contributed by atoms with E-state index in [1.165, 1.54) is 16.7 Å². The van der Waals surface area contributed by atoms with E-state index in [9.17, 15) is 5.11 Å². The molecule has 0 atom stereocenters. The highest BCUT2D eigenvalue weighted by atomic mass is 16.3. The van der Waals surface area contributed by atoms with E-state index < -0.39 is 0 Å². The molecule has 0 aliphatic carbocycles. The van der Waals surface area contributed by atoms with E-state index in [1.807, 2.05) is 0 Å². The Bertz CT molecular complexity index is 563. The summed E-state index contributed by atoms with van der Waals surface area (Å²) >= 11 is 0. The molecule has 0 heterocycles. The molecule has 106 valence electrons. The third-order valence-electron chi connectivity index (χ3n) is 3.80. The Morgan fingerprint density at radius 1 is 0.750 bits per heavy atom. The summed E-state index contributed by atoms with van der Waals surface area (Å²) in [5, 5.41) is 10.4. The lowest BCUT2D eigenvalue weighted by Crippen LogP contribution is -1.97. The van der Waals surface area contributed by atoms with Crippen molar-refractivity contribution in [3.05, 3.63) is 53.1 Å². The summed E-state index contributed by atoms with van der Waals surface area (Å²) in [6, 6.07) is 12.8. The van der Waals surface area contributed by atoms with Crippen LogP contribution in [0, 0.1) is 6.92 Å². The minimum absolute atomic E-state index is 0.317. The molecule has 0 aromatic heterocycles. The van der Waals surface area contributed by atoms with Gasteiger partial charge in [0.25, 0.3) is 0 Å². The van der Waals surface area contributed by atoms with Crippen molar-refractivity contribution in [3.63, 3.8) is 0 Å². The molecule has 1 N–H and O–H groups in total. The molecule has 20 heavy (non-hydrogen) atoms. The van der Waals surface area contributed by atoms with Gasteiger partial charge in [0.2, 0.25) is 0 Å². The molecule has 0 fully saturated rings. The number of phenols is 1. The summed E-state index contributed by atoms with van der Waals surface area (Å²) in [6.07, 6.45) is 0. The molecular formula is C19H24O. The first-order valence-corrected chi connectivity index (χ1v) is 7.34. The van der Waals surface area contributed by atoms with Crippen molar-refractivity contribution < 1.29 is 5.11 Å². The van der Waals surface area contributed by atoms with Crippen LogP contribution >= 0.6 is 0 Å². The van der Waals surface area contributed by atoms with E-state index in [0.717, 1.165) is 11.1 Å². The highest BCUT2D eigenvalue weighted by Gasteiger charge is 2.15. The fourth-order valence-electron chi connectivity index (χ4n) is 2.47. The largest absolute Gasteiger partial charge is 0.507 e. The predicted molar refractivity (Wildman–Crippen MR) is 86.5 cm³/mol. The molecular weight excluding hydrogens is 244 g/mol. The zero-order valence-electron chi connectivity index (χ0n) is 13.1. The normalized spacial score (nSPS) is 11.3. The first-order valence-electron chi connectivity index (χ1n) is 7.34. The van der Waals surface area contributed by atoms with Crippen LogP contribution in [0.15, 0.2) is 36.4 Å². The van der Waals surface area contributed by atoms with Crippen LogP contribution in [0.25, 0.3) is 11.1 Å². The summed E-state index contributed by atoms with van der Waals surface area (Å²) in [7, 11) is 0. The van der Waals surface area contributed by atoms with Gasteiger partial charge >= 0.3 is 0 Å². The van der Waals surface area contributed by atoms with Crippen LogP contribution in [0.1, 0.15) is 56.2 Å². The highest BCUT2D eigenvalue weighted by Crippen LogP contribution is 2.37. The lowest BCUT2D eigenvalue weighted by Gasteiger charge is -2.17. The minimum atomic E-state index is 0.317. The summed E-state index contributed by atoms with van der Waals surface area (Å²) in [5.41, 5.74) is 5.73. The first-order chi connectivity index (χ1) is 9.40. The fraction of sp³-hybridized carbons (Fsp3) is 0.368. The molecule has 0 saturated heterocycles. The van der Waals surface area contributed by atoms with Crippen LogP contribution in [-0.4, -0.2) is 5.11 Å². The molecule has 0 saturated carbocycles. The van der Waals surface area contributed by atoms with Crippen molar-refractivity contribution in [1.82, 2.24) is 0 Å². The van der Waals surface area contributed by atoms with Gasteiger partial charge < -0.3 is 5.11 Å². The summed E-state index contributed by atoms with van der Waals surface area (Å²) in [5.74, 6) is 1.10. The van der Waals surface area contributed by atoms with E-state index in [4.69, 9.17) is 0 Å². The molecule has 0 bridgehead atoms. The van der Waals surface area contributed by atoms with Gasteiger partial charge in [0.15, 0.2) is 0 Å². The van der Waals surface area contributed by atoms with Gasteiger partial charge in [-0.1, -0.05) is 57.5 Å². The molecule has 0 amide bonds. The first kappa shape index (κ1) is 14.6. The Labute approximate surface area is 122 Å². The lowest BCUT2D eigenvalue weighted by atomic mass is 9.89. The Balaban J connectivity index is 2.61. The summed E-state index contributed by atoms with van der Waals surface area (Å²) in [6.45, 7) is 10.6. The molecule has 0 unspecified atom stereocenters. The van der Waals surface area contributed by atoms with Gasteiger partial charge in [-0.15, -0.1) is 0 Å². The van der Waals surface area contributed by atoms with E-state index in [2.05, 4.69) is 71.0 Å². The minimum Gasteiger partial charge on any atom is -0.507 e. The maximum atomic E-state index is 10.4. The van der Waals surface area contributed by atoms with Gasteiger partial charge in [0.1, 0.15) is 5.75 Å². The number of hydrogen-bond donors (Lipinski definition) is 1. The zero-order valence-corrected chi connectivity index (χ0v) is 13.1. The number of hydrogen-bond acceptors (Lipinski definition) is 1. The quantitative estimate of drug-likeness (QED) is 0.766. The SMILES string of the molecule is Cc1ccc(-c2cc(C(C)C)c(O)c(C(C)C)c2)cc1.